The SMILES string of the molecule is C#Cc1ccccc1.CC(=O)c1cc(C(C)=O)c(Br)c([N+](=O)[O-])c1.CC(=O)c1cc(C(C)=O)c(C#Cc2ccccc2)c([N+](=O)[O-])c1.CC(=O)c1cc(C(C)=O)c2c(C=O)c(-c3ccccc3)[nH]c2c1.CC(=O)c1cc(C(C)=O)c2cc(-c3ccccc3)[nH]c2c1.CC(O)=c1cc2nc(-c3ccccc3)c3cn[nH]c(=O)c(c1)c2=3.O=C(O)c1cc(C(=O)O)c(Br)c([N+](=O)[O-])c1.O=C(O)c1ccc(Br)c(C(=O)O)c1. The molecule has 8 N–H and O–H groups in total. The summed E-state index contributed by atoms with van der Waals surface area (Å²) in [5.41, 5.74) is 9.29. The van der Waals surface area contributed by atoms with Crippen LogP contribution in [0, 0.1) is 65.0 Å². The zero-order chi connectivity index (χ0) is 105. The molecule has 0 aliphatic carbocycles. The van der Waals surface area contributed by atoms with Gasteiger partial charge in [0.2, 0.25) is 0 Å². The van der Waals surface area contributed by atoms with Crippen LogP contribution < -0.4 is 10.8 Å². The van der Waals surface area contributed by atoms with Crippen molar-refractivity contribution in [2.24, 2.45) is 0 Å². The number of nitro benzene ring substituents is 3. The van der Waals surface area contributed by atoms with E-state index < -0.39 is 55.5 Å². The van der Waals surface area contributed by atoms with Crippen molar-refractivity contribution in [3.05, 3.63) is 414 Å². The molecule has 0 atom stereocenters. The molecule has 0 saturated carbocycles. The van der Waals surface area contributed by atoms with E-state index in [4.69, 9.17) is 26.8 Å². The second kappa shape index (κ2) is 49.2. The fraction of sp³-hybridized carbons (Fsp3) is 0.0841. The summed E-state index contributed by atoms with van der Waals surface area (Å²) in [6.45, 7) is 12.6. The predicted molar refractivity (Wildman–Crippen MR) is 544 cm³/mol. The van der Waals surface area contributed by atoms with Gasteiger partial charge in [-0.1, -0.05) is 145 Å². The van der Waals surface area contributed by atoms with Crippen molar-refractivity contribution in [2.45, 2.75) is 62.3 Å². The number of benzene rings is 12. The summed E-state index contributed by atoms with van der Waals surface area (Å²) in [5.74, 6) is 1.22. The van der Waals surface area contributed by atoms with Gasteiger partial charge in [0.25, 0.3) is 22.6 Å². The molecule has 2 aliphatic heterocycles. The normalized spacial score (nSPS) is 10.4. The number of rotatable bonds is 19. The molecule has 0 unspecified atom stereocenters. The highest BCUT2D eigenvalue weighted by Crippen LogP contribution is 2.37. The average Bonchev–Trinajstić information content (AvgIpc) is 1.60. The van der Waals surface area contributed by atoms with Gasteiger partial charge in [0.05, 0.1) is 71.3 Å². The Morgan fingerprint density at radius 3 is 1.29 bits per heavy atom. The molecule has 0 saturated heterocycles. The van der Waals surface area contributed by atoms with Crippen molar-refractivity contribution in [1.29, 1.82) is 0 Å². The van der Waals surface area contributed by atoms with E-state index in [0.717, 1.165) is 91.6 Å². The van der Waals surface area contributed by atoms with Gasteiger partial charge in [0.1, 0.15) is 14.5 Å². The minimum absolute atomic E-state index is 0.0244. The molecular formula is C107H79Br3N8O25. The van der Waals surface area contributed by atoms with E-state index in [0.29, 0.717) is 70.6 Å². The minimum Gasteiger partial charge on any atom is -0.512 e. The quantitative estimate of drug-likeness (QED) is 0.0122. The number of hydrogen-bond donors (Lipinski definition) is 8. The average molecular weight is 2120 g/mol. The van der Waals surface area contributed by atoms with E-state index in [-0.39, 0.29) is 117 Å². The summed E-state index contributed by atoms with van der Waals surface area (Å²) in [6, 6.07) is 70.2. The van der Waals surface area contributed by atoms with Crippen LogP contribution in [0.3, 0.4) is 0 Å². The van der Waals surface area contributed by atoms with E-state index in [9.17, 15) is 103 Å². The molecule has 14 aromatic rings. The van der Waals surface area contributed by atoms with Crippen molar-refractivity contribution in [1.82, 2.24) is 25.1 Å². The molecule has 2 aliphatic rings. The second-order valence-electron chi connectivity index (χ2n) is 30.7. The number of Topliss-reactive ketones (excluding diaryl/α,β-unsaturated/α-hetero) is 8. The highest BCUT2D eigenvalue weighted by atomic mass is 79.9. The Labute approximate surface area is 835 Å². The van der Waals surface area contributed by atoms with Gasteiger partial charge in [0.15, 0.2) is 52.6 Å². The van der Waals surface area contributed by atoms with E-state index >= 15 is 0 Å². The molecular weight excluding hydrogens is 2040 g/mol. The van der Waals surface area contributed by atoms with E-state index in [1.165, 1.54) is 79.7 Å². The lowest BCUT2D eigenvalue weighted by Crippen LogP contribution is -2.10. The van der Waals surface area contributed by atoms with Crippen LogP contribution in [0.25, 0.3) is 72.2 Å². The van der Waals surface area contributed by atoms with Crippen LogP contribution in [-0.4, -0.2) is 142 Å². The molecule has 718 valence electrons. The molecule has 0 bridgehead atoms. The van der Waals surface area contributed by atoms with Crippen molar-refractivity contribution < 1.29 is 103 Å². The number of aromatic nitrogens is 5. The maximum atomic E-state index is 12.3. The first kappa shape index (κ1) is 108. The van der Waals surface area contributed by atoms with Gasteiger partial charge in [-0.2, -0.15) is 5.10 Å². The highest BCUT2D eigenvalue weighted by molar-refractivity contribution is 9.11. The number of carbonyl (C=O) groups is 13. The largest absolute Gasteiger partial charge is 0.512 e. The number of ketones is 8. The Morgan fingerprint density at radius 2 is 0.832 bits per heavy atom. The Bertz CT molecular complexity index is 7950. The first-order valence-corrected chi connectivity index (χ1v) is 44.3. The maximum Gasteiger partial charge on any atom is 0.337 e. The fourth-order valence-corrected chi connectivity index (χ4v) is 15.4. The summed E-state index contributed by atoms with van der Waals surface area (Å²) >= 11 is 8.75. The lowest BCUT2D eigenvalue weighted by atomic mass is 9.97. The topological polar surface area (TPSA) is 543 Å². The number of aldehydes is 1. The number of terminal acetylenes is 1. The lowest BCUT2D eigenvalue weighted by Gasteiger charge is -2.05. The lowest BCUT2D eigenvalue weighted by molar-refractivity contribution is -0.385. The van der Waals surface area contributed by atoms with Gasteiger partial charge in [0, 0.05) is 133 Å². The number of carbonyl (C=O) groups excluding carboxylic acids is 9. The molecule has 16 rings (SSSR count). The number of carboxylic acid groups (broad SMARTS) is 4. The molecule has 0 spiro atoms. The van der Waals surface area contributed by atoms with Gasteiger partial charge in [-0.25, -0.2) is 29.3 Å². The number of aliphatic hydroxyl groups excluding tert-OH is 1. The zero-order valence-corrected chi connectivity index (χ0v) is 81.4. The fourth-order valence-electron chi connectivity index (χ4n) is 13.8. The number of aromatic carboxylic acids is 4. The molecule has 12 aromatic carbocycles. The molecule has 0 fully saturated rings. The van der Waals surface area contributed by atoms with Gasteiger partial charge in [-0.3, -0.25) is 78.3 Å². The first-order chi connectivity index (χ1) is 67.8. The second-order valence-corrected chi connectivity index (χ2v) is 33.2. The third-order valence-electron chi connectivity index (χ3n) is 20.8. The number of nitrogens with one attached hydrogen (secondary N) is 3. The Kier molecular flexibility index (Phi) is 37.3. The highest BCUT2D eigenvalue weighted by Gasteiger charge is 2.28. The number of hydrogen-bond acceptors (Lipinski definition) is 23. The molecule has 0 radical (unpaired) electrons. The van der Waals surface area contributed by atoms with Crippen LogP contribution in [0.4, 0.5) is 17.1 Å². The van der Waals surface area contributed by atoms with Crippen molar-refractivity contribution >= 4 is 180 Å². The number of nitrogens with zero attached hydrogens (tertiary/aromatic N) is 5. The predicted octanol–water partition coefficient (Wildman–Crippen LogP) is 21.8. The van der Waals surface area contributed by atoms with Crippen LogP contribution >= 0.6 is 47.8 Å². The van der Waals surface area contributed by atoms with Crippen molar-refractivity contribution in [2.75, 3.05) is 0 Å². The summed E-state index contributed by atoms with van der Waals surface area (Å²) in [4.78, 5) is 201. The molecule has 36 heteroatoms. The molecule has 0 amide bonds. The van der Waals surface area contributed by atoms with Gasteiger partial charge in [-0.15, -0.1) is 6.42 Å². The smallest absolute Gasteiger partial charge is 0.337 e. The maximum absolute atomic E-state index is 12.3. The third kappa shape index (κ3) is 27.6. The standard InChI is InChI=1S/C19H15NO3.C18H13N3O2.C18H13NO4.C18H15NO2.C10H8BrNO4.C8H4BrNO6.C8H5BrO4.C8H6/c1-11(22)14-8-15(12(2)23)18-16(10-21)19(20-17(18)9-14)13-6-4-3-5-7-13;1-10(22)12-7-13-16-14(9-19-21-18(13)23)17(20-15(16)8-12)11-5-3-2-4-6-11;1-12(20)15-10-17(13(2)21)16(18(11-15)19(22)23)9-8-14-6-4-3-5-7-14;1-11(20)14-8-15(12(2)21)16-10-17(19-18(16)9-14)13-6-4-3-5-7-13;1-5(13)7-3-8(6(2)14)10(11)9(4-7)12(15)16;9-6-4(8(13)14)1-3(7(11)12)2-5(6)10(15)16;9-6-2-1-4(7(10)11)3-5(6)8(12)13;1-2-8-6-4-3-5-7-8/h3-10,20H,1-2H3;2-9,22H,1H3,(H,21,23);3-7,10-11H,1-2H3;3-10,19H,1-2H3;3-4H,1-2H3;1-2H,(H,11,12)(H,13,14);1-3H,(H,10,11)(H,12,13);1,3-7H. The van der Waals surface area contributed by atoms with E-state index in [1.807, 2.05) is 133 Å². The minimum atomic E-state index is -1.45. The number of carboxylic acids is 4. The summed E-state index contributed by atoms with van der Waals surface area (Å²) in [6.07, 6.45) is 7.48. The third-order valence-corrected chi connectivity index (χ3v) is 23.2. The van der Waals surface area contributed by atoms with Crippen LogP contribution in [0.1, 0.15) is 214 Å². The van der Waals surface area contributed by atoms with Gasteiger partial charge in [-0.05, 0) is 224 Å². The van der Waals surface area contributed by atoms with Gasteiger partial charge < -0.3 is 35.5 Å². The number of aromatic amines is 3. The summed E-state index contributed by atoms with van der Waals surface area (Å²) in [5, 5.41) is 87.5. The van der Waals surface area contributed by atoms with Crippen molar-refractivity contribution in [3.8, 4) is 58.0 Å². The Balaban J connectivity index is 0.000000185. The Morgan fingerprint density at radius 1 is 0.406 bits per heavy atom. The molecule has 143 heavy (non-hydrogen) atoms. The first-order valence-electron chi connectivity index (χ1n) is 41.9. The Hall–Kier alpha value is -18.3. The number of halogens is 3. The number of aliphatic hydroxyl groups is 1. The number of fused-ring (bicyclic) bond motifs is 2. The van der Waals surface area contributed by atoms with E-state index in [1.54, 1.807) is 73.8 Å². The van der Waals surface area contributed by atoms with Gasteiger partial charge >= 0.3 is 23.9 Å². The van der Waals surface area contributed by atoms with Crippen LogP contribution in [0.2, 0.25) is 0 Å². The van der Waals surface area contributed by atoms with Crippen molar-refractivity contribution in [3.63, 3.8) is 0 Å². The van der Waals surface area contributed by atoms with E-state index in [2.05, 4.69) is 90.7 Å². The zero-order valence-electron chi connectivity index (χ0n) is 76.7. The monoisotopic (exact) mass is 2110 g/mol. The molecule has 2 aromatic heterocycles. The molecule has 4 heterocycles. The summed E-state index contributed by atoms with van der Waals surface area (Å²) in [7, 11) is 0. The van der Waals surface area contributed by atoms with Crippen LogP contribution in [0.15, 0.2) is 273 Å². The molecule has 33 nitrogen and oxygen atoms in total. The number of H-pyrrole nitrogens is 3. The van der Waals surface area contributed by atoms with Crippen LogP contribution in [0.5, 0.6) is 0 Å². The van der Waals surface area contributed by atoms with Crippen LogP contribution in [-0.2, 0) is 0 Å². The number of nitro groups is 3. The summed E-state index contributed by atoms with van der Waals surface area (Å²) < 4.78 is 0.218.